The molecule has 18 heavy (non-hydrogen) atoms. The summed E-state index contributed by atoms with van der Waals surface area (Å²) in [5.41, 5.74) is 1.34. The van der Waals surface area contributed by atoms with Crippen molar-refractivity contribution in [2.75, 3.05) is 25.4 Å². The first-order chi connectivity index (χ1) is 8.79. The Bertz CT molecular complexity index is 374. The van der Waals surface area contributed by atoms with Crippen LogP contribution in [0.3, 0.4) is 0 Å². The van der Waals surface area contributed by atoms with Crippen molar-refractivity contribution in [3.8, 4) is 0 Å². The molecule has 0 amide bonds. The molecule has 0 atom stereocenters. The summed E-state index contributed by atoms with van der Waals surface area (Å²) in [6, 6.07) is 10.4. The molecule has 0 fully saturated rings. The number of benzene rings is 1. The molecule has 0 heterocycles. The molecule has 1 aromatic rings. The van der Waals surface area contributed by atoms with Crippen LogP contribution in [-0.2, 0) is 20.9 Å². The average molecular weight is 289 g/mol. The highest BCUT2D eigenvalue weighted by Gasteiger charge is 1.93. The third-order valence-corrected chi connectivity index (χ3v) is 3.65. The van der Waals surface area contributed by atoms with Crippen LogP contribution in [0.2, 0.25) is 0 Å². The zero-order valence-electron chi connectivity index (χ0n) is 10.2. The van der Waals surface area contributed by atoms with Gasteiger partial charge in [0, 0.05) is 18.1 Å². The van der Waals surface area contributed by atoms with Crippen LogP contribution in [0.5, 0.6) is 0 Å². The number of nitrogens with one attached hydrogen (secondary N) is 1. The maximum Gasteiger partial charge on any atom is 0.257 e. The van der Waals surface area contributed by atoms with E-state index in [1.807, 2.05) is 17.8 Å². The van der Waals surface area contributed by atoms with E-state index < -0.39 is 11.0 Å². The average Bonchev–Trinajstić information content (AvgIpc) is 2.37. The Labute approximate surface area is 114 Å². The van der Waals surface area contributed by atoms with Gasteiger partial charge >= 0.3 is 0 Å². The smallest absolute Gasteiger partial charge is 0.257 e. The van der Waals surface area contributed by atoms with E-state index >= 15 is 0 Å². The minimum absolute atomic E-state index is 0.267. The summed E-state index contributed by atoms with van der Waals surface area (Å²) in [6.07, 6.45) is 0.715. The van der Waals surface area contributed by atoms with Crippen molar-refractivity contribution >= 4 is 22.7 Å². The molecule has 0 bridgehead atoms. The van der Waals surface area contributed by atoms with Gasteiger partial charge in [-0.15, -0.1) is 0 Å². The van der Waals surface area contributed by atoms with Gasteiger partial charge in [0.1, 0.15) is 0 Å². The lowest BCUT2D eigenvalue weighted by molar-refractivity contribution is 0.324. The molecule has 0 aliphatic carbocycles. The molecule has 6 heteroatoms. The first kappa shape index (κ1) is 15.5. The largest absolute Gasteiger partial charge is 0.316 e. The lowest BCUT2D eigenvalue weighted by atomic mass is 10.2. The van der Waals surface area contributed by atoms with Crippen molar-refractivity contribution in [3.05, 3.63) is 35.9 Å². The van der Waals surface area contributed by atoms with Crippen molar-refractivity contribution in [1.82, 2.24) is 5.32 Å². The van der Waals surface area contributed by atoms with Gasteiger partial charge in [0.25, 0.3) is 11.0 Å². The fourth-order valence-electron chi connectivity index (χ4n) is 1.37. The van der Waals surface area contributed by atoms with E-state index in [9.17, 15) is 8.42 Å². The Morgan fingerprint density at radius 1 is 1.17 bits per heavy atom. The maximum atomic E-state index is 10.1. The minimum Gasteiger partial charge on any atom is -0.316 e. The highest BCUT2D eigenvalue weighted by Crippen LogP contribution is 2.10. The van der Waals surface area contributed by atoms with Crippen LogP contribution in [0.1, 0.15) is 12.0 Å². The Kier molecular flexibility index (Phi) is 8.93. The maximum absolute atomic E-state index is 10.1. The molecule has 0 saturated heterocycles. The molecule has 0 aromatic heterocycles. The van der Waals surface area contributed by atoms with E-state index in [1.54, 1.807) is 0 Å². The van der Waals surface area contributed by atoms with Crippen LogP contribution in [0.15, 0.2) is 30.3 Å². The van der Waals surface area contributed by atoms with Crippen molar-refractivity contribution in [2.24, 2.45) is 0 Å². The summed E-state index contributed by atoms with van der Waals surface area (Å²) in [4.78, 5) is 0. The Morgan fingerprint density at radius 2 is 1.94 bits per heavy atom. The predicted molar refractivity (Wildman–Crippen MR) is 76.4 cm³/mol. The van der Waals surface area contributed by atoms with Crippen molar-refractivity contribution in [1.29, 1.82) is 0 Å². The molecule has 0 spiro atoms. The van der Waals surface area contributed by atoms with Gasteiger partial charge in [0.2, 0.25) is 0 Å². The predicted octanol–water partition coefficient (Wildman–Crippen LogP) is 1.44. The summed E-state index contributed by atoms with van der Waals surface area (Å²) < 4.78 is 24.6. The molecule has 102 valence electrons. The molecule has 4 nitrogen and oxygen atoms in total. The van der Waals surface area contributed by atoms with E-state index in [2.05, 4.69) is 33.8 Å². The summed E-state index contributed by atoms with van der Waals surface area (Å²) in [5, 5.41) is 3.25. The van der Waals surface area contributed by atoms with Gasteiger partial charge in [0.15, 0.2) is 0 Å². The monoisotopic (exact) mass is 289 g/mol. The van der Waals surface area contributed by atoms with Gasteiger partial charge in [-0.25, -0.2) is 8.42 Å². The third kappa shape index (κ3) is 8.52. The second kappa shape index (κ2) is 10.4. The fourth-order valence-corrected chi connectivity index (χ4v) is 2.51. The quantitative estimate of drug-likeness (QED) is 0.504. The lowest BCUT2D eigenvalue weighted by Crippen LogP contribution is -2.19. The summed E-state index contributed by atoms with van der Waals surface area (Å²) in [5.74, 6) is 2.08. The van der Waals surface area contributed by atoms with Crippen LogP contribution >= 0.6 is 11.8 Å². The second-order valence-corrected chi connectivity index (χ2v) is 5.51. The number of thiol groups is 1. The van der Waals surface area contributed by atoms with Gasteiger partial charge < -0.3 is 5.32 Å². The molecule has 0 aliphatic heterocycles. The van der Waals surface area contributed by atoms with Crippen LogP contribution in [0.25, 0.3) is 0 Å². The van der Waals surface area contributed by atoms with E-state index in [-0.39, 0.29) is 6.61 Å². The highest BCUT2D eigenvalue weighted by molar-refractivity contribution is 7.98. The van der Waals surface area contributed by atoms with Crippen LogP contribution in [0, 0.1) is 0 Å². The van der Waals surface area contributed by atoms with Crippen LogP contribution in [0.4, 0.5) is 0 Å². The van der Waals surface area contributed by atoms with Gasteiger partial charge in [-0.3, -0.25) is 4.18 Å². The van der Waals surface area contributed by atoms with E-state index in [0.717, 1.165) is 24.6 Å². The van der Waals surface area contributed by atoms with E-state index in [0.29, 0.717) is 6.42 Å². The van der Waals surface area contributed by atoms with Gasteiger partial charge in [-0.1, -0.05) is 30.3 Å². The highest BCUT2D eigenvalue weighted by atomic mass is 32.2. The summed E-state index contributed by atoms with van der Waals surface area (Å²) in [6.45, 7) is 1.99. The first-order valence-corrected chi connectivity index (χ1v) is 8.14. The van der Waals surface area contributed by atoms with Crippen LogP contribution < -0.4 is 5.32 Å². The molecule has 1 aromatic carbocycles. The van der Waals surface area contributed by atoms with E-state index in [4.69, 9.17) is 0 Å². The Hall–Kier alpha value is -0.560. The third-order valence-electron chi connectivity index (χ3n) is 2.23. The van der Waals surface area contributed by atoms with Crippen LogP contribution in [-0.4, -0.2) is 33.9 Å². The zero-order chi connectivity index (χ0) is 13.1. The number of rotatable bonds is 10. The van der Waals surface area contributed by atoms with Crippen molar-refractivity contribution in [2.45, 2.75) is 12.2 Å². The number of hydrogen-bond acceptors (Lipinski definition) is 5. The molecule has 0 saturated carbocycles. The molecule has 1 rings (SSSR count). The molecule has 0 unspecified atom stereocenters. The standard InChI is InChI=1S/C12H19NO3S2/c14-18(15)16-9-4-7-13-8-10-17-11-12-5-2-1-3-6-12/h1-3,5-6,13,18H,4,7-11H2. The fraction of sp³-hybridized carbons (Fsp3) is 0.500. The van der Waals surface area contributed by atoms with Gasteiger partial charge in [-0.2, -0.15) is 11.8 Å². The minimum atomic E-state index is -2.69. The second-order valence-electron chi connectivity index (χ2n) is 3.70. The van der Waals surface area contributed by atoms with Crippen molar-refractivity contribution in [3.63, 3.8) is 0 Å². The molecule has 0 radical (unpaired) electrons. The normalized spacial score (nSPS) is 10.9. The zero-order valence-corrected chi connectivity index (χ0v) is 11.9. The van der Waals surface area contributed by atoms with E-state index in [1.165, 1.54) is 5.56 Å². The number of thioether (sulfide) groups is 1. The Morgan fingerprint density at radius 3 is 2.67 bits per heavy atom. The number of hydrogen-bond donors (Lipinski definition) is 2. The molecule has 0 aliphatic rings. The summed E-state index contributed by atoms with van der Waals surface area (Å²) >= 11 is 1.88. The SMILES string of the molecule is O=[SH](=O)OCCCNCCSCc1ccccc1. The molecular weight excluding hydrogens is 270 g/mol. The lowest BCUT2D eigenvalue weighted by Gasteiger charge is -2.04. The first-order valence-electron chi connectivity index (χ1n) is 5.89. The van der Waals surface area contributed by atoms with Gasteiger partial charge in [-0.05, 0) is 18.5 Å². The summed E-state index contributed by atoms with van der Waals surface area (Å²) in [7, 11) is -2.69. The molecule has 1 N–H and O–H groups in total. The molecular formula is C12H19NO3S2. The topological polar surface area (TPSA) is 55.4 Å². The Balaban J connectivity index is 1.87. The van der Waals surface area contributed by atoms with Gasteiger partial charge in [0.05, 0.1) is 6.61 Å². The van der Waals surface area contributed by atoms with Crippen molar-refractivity contribution < 1.29 is 12.6 Å².